The van der Waals surface area contributed by atoms with Gasteiger partial charge in [-0.1, -0.05) is 5.92 Å². The van der Waals surface area contributed by atoms with Crippen LogP contribution in [0.15, 0.2) is 0 Å². The first-order valence-corrected chi connectivity index (χ1v) is 13.9. The fourth-order valence-electron chi connectivity index (χ4n) is 2.66. The minimum atomic E-state index is -0.472. The lowest BCUT2D eigenvalue weighted by atomic mass is 10.2. The van der Waals surface area contributed by atoms with E-state index in [0.717, 1.165) is 0 Å². The minimum Gasteiger partial charge on any atom is -0.460 e. The molecule has 12 heteroatoms. The maximum absolute atomic E-state index is 11.5. The molecule has 0 unspecified atom stereocenters. The molecule has 0 heterocycles. The lowest BCUT2D eigenvalue weighted by Crippen LogP contribution is -2.24. The van der Waals surface area contributed by atoms with E-state index in [-0.39, 0.29) is 12.4 Å². The van der Waals surface area contributed by atoms with Crippen LogP contribution < -0.4 is 0 Å². The zero-order chi connectivity index (χ0) is 29.4. The molecule has 0 spiro atoms. The molecule has 0 rings (SSSR count). The fraction of sp³-hybridized carbons (Fsp3) is 0.893. The summed E-state index contributed by atoms with van der Waals surface area (Å²) in [7, 11) is 0. The molecule has 0 aromatic heterocycles. The Balaban J connectivity index is 3.09. The zero-order valence-electron chi connectivity index (χ0n) is 24.8. The van der Waals surface area contributed by atoms with Gasteiger partial charge in [-0.15, -0.1) is 6.42 Å². The van der Waals surface area contributed by atoms with Gasteiger partial charge in [0.2, 0.25) is 0 Å². The van der Waals surface area contributed by atoms with Gasteiger partial charge in [-0.05, 0) is 20.8 Å². The summed E-state index contributed by atoms with van der Waals surface area (Å²) in [5, 5.41) is 0. The highest BCUT2D eigenvalue weighted by molar-refractivity contribution is 5.69. The van der Waals surface area contributed by atoms with Crippen LogP contribution in [-0.4, -0.2) is 144 Å². The van der Waals surface area contributed by atoms with Crippen molar-refractivity contribution in [1.82, 2.24) is 0 Å². The lowest BCUT2D eigenvalue weighted by Gasteiger charge is -2.19. The molecule has 0 aliphatic heterocycles. The van der Waals surface area contributed by atoms with E-state index in [9.17, 15) is 4.79 Å². The smallest absolute Gasteiger partial charge is 0.308 e. The summed E-state index contributed by atoms with van der Waals surface area (Å²) in [4.78, 5) is 11.5. The third kappa shape index (κ3) is 34.7. The van der Waals surface area contributed by atoms with Crippen molar-refractivity contribution in [3.8, 4) is 12.3 Å². The second-order valence-corrected chi connectivity index (χ2v) is 9.10. The predicted molar refractivity (Wildman–Crippen MR) is 147 cm³/mol. The summed E-state index contributed by atoms with van der Waals surface area (Å²) in [5.74, 6) is 2.13. The molecule has 0 aliphatic carbocycles. The number of ether oxygens (including phenoxy) is 11. The molecule has 0 N–H and O–H groups in total. The van der Waals surface area contributed by atoms with E-state index in [2.05, 4.69) is 5.92 Å². The van der Waals surface area contributed by atoms with Crippen molar-refractivity contribution in [3.63, 3.8) is 0 Å². The van der Waals surface area contributed by atoms with Crippen molar-refractivity contribution >= 4 is 5.97 Å². The number of hydrogen-bond acceptors (Lipinski definition) is 12. The molecular weight excluding hydrogens is 528 g/mol. The van der Waals surface area contributed by atoms with Gasteiger partial charge in [-0.3, -0.25) is 4.79 Å². The van der Waals surface area contributed by atoms with Crippen LogP contribution in [0, 0.1) is 12.3 Å². The van der Waals surface area contributed by atoms with Crippen LogP contribution in [0.2, 0.25) is 0 Å². The first kappa shape index (κ1) is 38.6. The van der Waals surface area contributed by atoms with Crippen molar-refractivity contribution in [2.45, 2.75) is 32.8 Å². The van der Waals surface area contributed by atoms with Gasteiger partial charge < -0.3 is 52.1 Å². The molecule has 12 nitrogen and oxygen atoms in total. The van der Waals surface area contributed by atoms with E-state index in [1.165, 1.54) is 0 Å². The maximum Gasteiger partial charge on any atom is 0.308 e. The maximum atomic E-state index is 11.5. The Labute approximate surface area is 240 Å². The van der Waals surface area contributed by atoms with Crippen LogP contribution >= 0.6 is 0 Å². The number of esters is 1. The summed E-state index contributed by atoms with van der Waals surface area (Å²) >= 11 is 0. The van der Waals surface area contributed by atoms with Crippen molar-refractivity contribution in [1.29, 1.82) is 0 Å². The largest absolute Gasteiger partial charge is 0.460 e. The predicted octanol–water partition coefficient (Wildman–Crippen LogP) is 1.52. The molecular formula is C28H52O12. The Morgan fingerprint density at radius 2 is 0.725 bits per heavy atom. The van der Waals surface area contributed by atoms with Crippen LogP contribution in [0.1, 0.15) is 27.2 Å². The number of hydrogen-bond donors (Lipinski definition) is 0. The normalized spacial score (nSPS) is 11.6. The summed E-state index contributed by atoms with van der Waals surface area (Å²) in [6, 6.07) is 0. The van der Waals surface area contributed by atoms with Gasteiger partial charge in [-0.25, -0.2) is 0 Å². The van der Waals surface area contributed by atoms with Crippen LogP contribution in [0.3, 0.4) is 0 Å². The van der Waals surface area contributed by atoms with Gasteiger partial charge in [0.25, 0.3) is 0 Å². The third-order valence-corrected chi connectivity index (χ3v) is 4.40. The average Bonchev–Trinajstić information content (AvgIpc) is 2.90. The Morgan fingerprint density at radius 1 is 0.475 bits per heavy atom. The van der Waals surface area contributed by atoms with E-state index in [4.69, 9.17) is 58.5 Å². The van der Waals surface area contributed by atoms with Crippen LogP contribution in [0.25, 0.3) is 0 Å². The highest BCUT2D eigenvalue weighted by Crippen LogP contribution is 2.08. The van der Waals surface area contributed by atoms with E-state index in [1.807, 2.05) is 20.8 Å². The van der Waals surface area contributed by atoms with E-state index >= 15 is 0 Å². The summed E-state index contributed by atoms with van der Waals surface area (Å²) in [6.45, 7) is 14.9. The minimum absolute atomic E-state index is 0.233. The molecule has 0 saturated carbocycles. The second kappa shape index (κ2) is 30.6. The first-order valence-electron chi connectivity index (χ1n) is 13.9. The van der Waals surface area contributed by atoms with E-state index in [1.54, 1.807) is 0 Å². The molecule has 0 amide bonds. The van der Waals surface area contributed by atoms with Crippen molar-refractivity contribution in [2.24, 2.45) is 0 Å². The van der Waals surface area contributed by atoms with Gasteiger partial charge in [0.05, 0.1) is 132 Å². The summed E-state index contributed by atoms with van der Waals surface area (Å²) in [5.41, 5.74) is -0.472. The quantitative estimate of drug-likeness (QED) is 0.0672. The molecule has 0 fully saturated rings. The molecule has 0 aromatic carbocycles. The number of rotatable bonds is 31. The fourth-order valence-corrected chi connectivity index (χ4v) is 2.66. The van der Waals surface area contributed by atoms with Gasteiger partial charge >= 0.3 is 5.97 Å². The van der Waals surface area contributed by atoms with Crippen LogP contribution in [-0.2, 0) is 56.9 Å². The van der Waals surface area contributed by atoms with Crippen molar-refractivity contribution < 1.29 is 56.9 Å². The van der Waals surface area contributed by atoms with Crippen molar-refractivity contribution in [3.05, 3.63) is 0 Å². The highest BCUT2D eigenvalue weighted by Gasteiger charge is 2.15. The summed E-state index contributed by atoms with van der Waals surface area (Å²) < 4.78 is 59.0. The number of carbonyl (C=O) groups excluding carboxylic acids is 1. The topological polar surface area (TPSA) is 119 Å². The Hall–Kier alpha value is -1.37. The molecule has 236 valence electrons. The van der Waals surface area contributed by atoms with Crippen molar-refractivity contribution in [2.75, 3.05) is 132 Å². The highest BCUT2D eigenvalue weighted by atomic mass is 16.6. The second-order valence-electron chi connectivity index (χ2n) is 9.10. The van der Waals surface area contributed by atoms with E-state index in [0.29, 0.717) is 132 Å². The molecule has 0 radical (unpaired) electrons. The number of terminal acetylenes is 1. The monoisotopic (exact) mass is 580 g/mol. The summed E-state index contributed by atoms with van der Waals surface area (Å²) in [6.07, 6.45) is 5.30. The SMILES string of the molecule is C#CCOCCOCCOCCOCCOCCOCCOCCOCCOCCOCCC(=O)OC(C)(C)C. The number of carbonyl (C=O) groups is 1. The first-order chi connectivity index (χ1) is 19.5. The van der Waals surface area contributed by atoms with E-state index < -0.39 is 5.60 Å². The van der Waals surface area contributed by atoms with Crippen LogP contribution in [0.5, 0.6) is 0 Å². The molecule has 0 aromatic rings. The Morgan fingerprint density at radius 3 is 0.975 bits per heavy atom. The van der Waals surface area contributed by atoms with Gasteiger partial charge in [0, 0.05) is 0 Å². The standard InChI is InChI=1S/C28H52O12/c1-5-7-30-9-11-32-13-15-34-17-19-36-21-23-38-25-26-39-24-22-37-20-18-35-16-14-33-12-10-31-8-6-27(29)40-28(2,3)4/h1H,6-26H2,2-4H3. The van der Waals surface area contributed by atoms with Crippen LogP contribution in [0.4, 0.5) is 0 Å². The Bertz CT molecular complexity index is 577. The third-order valence-electron chi connectivity index (χ3n) is 4.40. The Kier molecular flexibility index (Phi) is 29.5. The lowest BCUT2D eigenvalue weighted by molar-refractivity contribution is -0.156. The van der Waals surface area contributed by atoms with Gasteiger partial charge in [0.1, 0.15) is 12.2 Å². The average molecular weight is 581 g/mol. The van der Waals surface area contributed by atoms with Gasteiger partial charge in [-0.2, -0.15) is 0 Å². The molecule has 40 heavy (non-hydrogen) atoms. The molecule has 0 bridgehead atoms. The molecule has 0 aliphatic rings. The van der Waals surface area contributed by atoms with Gasteiger partial charge in [0.15, 0.2) is 0 Å². The molecule has 0 saturated heterocycles. The zero-order valence-corrected chi connectivity index (χ0v) is 24.8. The molecule has 0 atom stereocenters.